The summed E-state index contributed by atoms with van der Waals surface area (Å²) >= 11 is 3.04. The molecule has 0 radical (unpaired) electrons. The number of carbonyl (C=O) groups is 8. The third kappa shape index (κ3) is 40.8. The molecule has 20 nitrogen and oxygen atoms in total. The van der Waals surface area contributed by atoms with Crippen LogP contribution < -0.4 is 26.6 Å². The number of carboxylic acid groups (broad SMARTS) is 3. The Bertz CT molecular complexity index is 1310. The first kappa shape index (κ1) is 60.1. The Hall–Kier alpha value is -3.92. The molecule has 0 fully saturated rings. The van der Waals surface area contributed by atoms with Crippen LogP contribution in [-0.4, -0.2) is 153 Å². The van der Waals surface area contributed by atoms with Crippen LogP contribution in [0.1, 0.15) is 135 Å². The summed E-state index contributed by atoms with van der Waals surface area (Å²) in [7, 11) is 0. The molecule has 370 valence electrons. The Morgan fingerprint density at radius 3 is 1.31 bits per heavy atom. The van der Waals surface area contributed by atoms with Crippen LogP contribution in [0.3, 0.4) is 0 Å². The van der Waals surface area contributed by atoms with Gasteiger partial charge in [0.05, 0.1) is 45.0 Å². The summed E-state index contributed by atoms with van der Waals surface area (Å²) in [4.78, 5) is 93.3. The fourth-order valence-corrected chi connectivity index (χ4v) is 6.36. The van der Waals surface area contributed by atoms with E-state index in [0.29, 0.717) is 25.8 Å². The molecule has 5 amide bonds. The van der Waals surface area contributed by atoms with Gasteiger partial charge in [0, 0.05) is 38.9 Å². The number of unbranched alkanes of at least 4 members (excludes halogenated alkanes) is 14. The SMILES string of the molecule is O=C(O)CCCCCCCCCCCCCCCCC(=O)NC(CCC(=O)NCCOCCOCC(=O)NCCOCCOCC(=O)N[C@@H](CCCCNC(=O)CBr)C(=O)O)C(=O)O. The summed E-state index contributed by atoms with van der Waals surface area (Å²) in [5, 5.41) is 40.5. The average molecular weight is 983 g/mol. The summed E-state index contributed by atoms with van der Waals surface area (Å²) in [5.41, 5.74) is 0. The minimum Gasteiger partial charge on any atom is -0.481 e. The number of hydrogen-bond donors (Lipinski definition) is 8. The molecule has 0 aromatic carbocycles. The molecule has 64 heavy (non-hydrogen) atoms. The molecule has 0 aromatic heterocycles. The lowest BCUT2D eigenvalue weighted by Gasteiger charge is -2.14. The van der Waals surface area contributed by atoms with Gasteiger partial charge in [-0.15, -0.1) is 0 Å². The molecule has 0 heterocycles. The molecule has 2 atom stereocenters. The highest BCUT2D eigenvalue weighted by Crippen LogP contribution is 2.14. The molecule has 0 aliphatic rings. The van der Waals surface area contributed by atoms with Crippen LogP contribution in [0, 0.1) is 0 Å². The quantitative estimate of drug-likeness (QED) is 0.0321. The van der Waals surface area contributed by atoms with Crippen molar-refractivity contribution >= 4 is 63.4 Å². The van der Waals surface area contributed by atoms with Crippen molar-refractivity contribution in [3.05, 3.63) is 0 Å². The van der Waals surface area contributed by atoms with Crippen LogP contribution in [0.5, 0.6) is 0 Å². The summed E-state index contributed by atoms with van der Waals surface area (Å²) in [5.74, 6) is -4.89. The number of carbonyl (C=O) groups excluding carboxylic acids is 5. The van der Waals surface area contributed by atoms with E-state index >= 15 is 0 Å². The lowest BCUT2D eigenvalue weighted by molar-refractivity contribution is -0.143. The number of nitrogens with one attached hydrogen (secondary N) is 5. The maximum Gasteiger partial charge on any atom is 0.326 e. The van der Waals surface area contributed by atoms with Gasteiger partial charge in [-0.25, -0.2) is 9.59 Å². The minimum absolute atomic E-state index is 0.0416. The zero-order chi connectivity index (χ0) is 47.5. The third-order valence-corrected chi connectivity index (χ3v) is 10.2. The summed E-state index contributed by atoms with van der Waals surface area (Å²) in [6.07, 6.45) is 16.6. The summed E-state index contributed by atoms with van der Waals surface area (Å²) in [6, 6.07) is -2.22. The smallest absolute Gasteiger partial charge is 0.326 e. The van der Waals surface area contributed by atoms with E-state index in [2.05, 4.69) is 42.5 Å². The van der Waals surface area contributed by atoms with E-state index in [9.17, 15) is 48.6 Å². The molecule has 8 N–H and O–H groups in total. The largest absolute Gasteiger partial charge is 0.481 e. The predicted molar refractivity (Wildman–Crippen MR) is 240 cm³/mol. The van der Waals surface area contributed by atoms with E-state index in [-0.39, 0.29) is 127 Å². The van der Waals surface area contributed by atoms with Crippen LogP contribution in [0.4, 0.5) is 0 Å². The first-order chi connectivity index (χ1) is 30.8. The lowest BCUT2D eigenvalue weighted by atomic mass is 10.0. The molecule has 0 aromatic rings. The van der Waals surface area contributed by atoms with E-state index in [1.54, 1.807) is 0 Å². The van der Waals surface area contributed by atoms with Gasteiger partial charge in [-0.2, -0.15) is 0 Å². The molecule has 0 saturated carbocycles. The fraction of sp³-hybridized carbons (Fsp3) is 0.814. The maximum atomic E-state index is 12.3. The standard InChI is InChI=1S/C43H76BrN5O15/c44-31-38(52)45-22-16-15-17-34(42(57)58)49-40(54)33-64-30-28-62-26-24-47-39(53)32-63-29-27-61-25-23-46-36(50)21-20-35(43(59)60)48-37(51)18-13-11-9-7-5-3-1-2-4-6-8-10-12-14-19-41(55)56/h34-35H,1-33H2,(H,45,52)(H,46,50)(H,47,53)(H,48,51)(H,49,54)(H,55,56)(H,57,58)(H,59,60)/t34-,35?/m0/s1. The van der Waals surface area contributed by atoms with E-state index in [4.69, 9.17) is 24.1 Å². The molecule has 0 spiro atoms. The number of rotatable bonds is 46. The van der Waals surface area contributed by atoms with Crippen molar-refractivity contribution in [3.63, 3.8) is 0 Å². The highest BCUT2D eigenvalue weighted by atomic mass is 79.9. The summed E-state index contributed by atoms with van der Waals surface area (Å²) in [6.45, 7) is 1.17. The minimum atomic E-state index is -1.20. The fourth-order valence-electron chi connectivity index (χ4n) is 6.16. The van der Waals surface area contributed by atoms with Gasteiger partial charge in [-0.1, -0.05) is 93.0 Å². The van der Waals surface area contributed by atoms with Crippen molar-refractivity contribution in [1.82, 2.24) is 26.6 Å². The number of alkyl halides is 1. The van der Waals surface area contributed by atoms with Crippen molar-refractivity contribution in [3.8, 4) is 0 Å². The van der Waals surface area contributed by atoms with E-state index in [1.165, 1.54) is 38.5 Å². The van der Waals surface area contributed by atoms with Crippen molar-refractivity contribution in [2.45, 2.75) is 147 Å². The van der Waals surface area contributed by atoms with Gasteiger partial charge in [-0.3, -0.25) is 28.8 Å². The Morgan fingerprint density at radius 1 is 0.391 bits per heavy atom. The molecule has 0 rings (SSSR count). The number of hydrogen-bond acceptors (Lipinski definition) is 12. The average Bonchev–Trinajstić information content (AvgIpc) is 3.25. The maximum absolute atomic E-state index is 12.3. The zero-order valence-electron chi connectivity index (χ0n) is 37.6. The summed E-state index contributed by atoms with van der Waals surface area (Å²) < 4.78 is 21.2. The highest BCUT2D eigenvalue weighted by molar-refractivity contribution is 9.09. The van der Waals surface area contributed by atoms with Gasteiger partial charge in [-0.05, 0) is 38.5 Å². The first-order valence-electron chi connectivity index (χ1n) is 22.8. The van der Waals surface area contributed by atoms with Gasteiger partial charge in [0.2, 0.25) is 29.5 Å². The normalized spacial score (nSPS) is 11.9. The molecule has 21 heteroatoms. The molecule has 0 bridgehead atoms. The predicted octanol–water partition coefficient (Wildman–Crippen LogP) is 3.21. The monoisotopic (exact) mass is 981 g/mol. The van der Waals surface area contributed by atoms with Crippen molar-refractivity contribution in [2.75, 3.05) is 77.8 Å². The van der Waals surface area contributed by atoms with E-state index in [0.717, 1.165) is 44.9 Å². The van der Waals surface area contributed by atoms with Crippen LogP contribution >= 0.6 is 15.9 Å². The third-order valence-electron chi connectivity index (χ3n) is 9.68. The number of aliphatic carboxylic acids is 3. The zero-order valence-corrected chi connectivity index (χ0v) is 39.2. The van der Waals surface area contributed by atoms with Crippen LogP contribution in [0.25, 0.3) is 0 Å². The second kappa shape index (κ2) is 43.0. The second-order valence-corrected chi connectivity index (χ2v) is 15.9. The van der Waals surface area contributed by atoms with Crippen LogP contribution in [0.15, 0.2) is 0 Å². The Balaban J connectivity index is 3.74. The Morgan fingerprint density at radius 2 is 0.812 bits per heavy atom. The number of ether oxygens (including phenoxy) is 4. The van der Waals surface area contributed by atoms with Crippen LogP contribution in [-0.2, 0) is 57.3 Å². The van der Waals surface area contributed by atoms with Crippen molar-refractivity contribution < 1.29 is 72.6 Å². The highest BCUT2D eigenvalue weighted by Gasteiger charge is 2.21. The lowest BCUT2D eigenvalue weighted by Crippen LogP contribution is -2.42. The molecular formula is C43H76BrN5O15. The number of carboxylic acids is 3. The van der Waals surface area contributed by atoms with Gasteiger partial charge in [0.25, 0.3) is 0 Å². The molecule has 0 saturated heterocycles. The van der Waals surface area contributed by atoms with Crippen molar-refractivity contribution in [2.24, 2.45) is 0 Å². The topological polar surface area (TPSA) is 294 Å². The number of amides is 5. The van der Waals surface area contributed by atoms with Gasteiger partial charge < -0.3 is 60.9 Å². The molecule has 0 aliphatic carbocycles. The van der Waals surface area contributed by atoms with E-state index < -0.39 is 35.9 Å². The van der Waals surface area contributed by atoms with Gasteiger partial charge in [0.15, 0.2) is 0 Å². The van der Waals surface area contributed by atoms with Gasteiger partial charge >= 0.3 is 17.9 Å². The van der Waals surface area contributed by atoms with Crippen LogP contribution in [0.2, 0.25) is 0 Å². The molecule has 0 aliphatic heterocycles. The Labute approximate surface area is 386 Å². The number of halogens is 1. The van der Waals surface area contributed by atoms with Crippen molar-refractivity contribution in [1.29, 1.82) is 0 Å². The second-order valence-electron chi connectivity index (χ2n) is 15.3. The van der Waals surface area contributed by atoms with Gasteiger partial charge in [0.1, 0.15) is 25.3 Å². The molecule has 1 unspecified atom stereocenters. The van der Waals surface area contributed by atoms with E-state index in [1.807, 2.05) is 0 Å². The first-order valence-corrected chi connectivity index (χ1v) is 23.9. The Kier molecular flexibility index (Phi) is 40.4. The molecular weight excluding hydrogens is 906 g/mol.